The molecule has 5 nitrogen and oxygen atoms in total. The summed E-state index contributed by atoms with van der Waals surface area (Å²) in [7, 11) is 1.64. The second kappa shape index (κ2) is 9.29. The fourth-order valence-corrected chi connectivity index (χ4v) is 3.88. The topological polar surface area (TPSA) is 50.3 Å². The Morgan fingerprint density at radius 1 is 1.10 bits per heavy atom. The van der Waals surface area contributed by atoms with E-state index in [-0.39, 0.29) is 5.82 Å². The standard InChI is InChI=1S/C23H27FN4O/c1-29-22-7-6-21-23(27-22)18(8-12-25-21)9-13-28-14-10-20(11-15-28)26-16-17-2-4-19(24)5-3-17/h2-8,12,20,26H,9-11,13-16H2,1H3. The third-order valence-corrected chi connectivity index (χ3v) is 5.64. The third-order valence-electron chi connectivity index (χ3n) is 5.64. The molecule has 0 radical (unpaired) electrons. The van der Waals surface area contributed by atoms with Crippen molar-refractivity contribution in [2.24, 2.45) is 0 Å². The van der Waals surface area contributed by atoms with Crippen LogP contribution < -0.4 is 10.1 Å². The van der Waals surface area contributed by atoms with Crippen LogP contribution in [0.5, 0.6) is 5.88 Å². The smallest absolute Gasteiger partial charge is 0.213 e. The number of piperidine rings is 1. The molecule has 152 valence electrons. The van der Waals surface area contributed by atoms with E-state index in [9.17, 15) is 4.39 Å². The van der Waals surface area contributed by atoms with Gasteiger partial charge in [0.25, 0.3) is 0 Å². The van der Waals surface area contributed by atoms with Gasteiger partial charge in [-0.3, -0.25) is 4.98 Å². The zero-order valence-corrected chi connectivity index (χ0v) is 16.8. The molecule has 0 spiro atoms. The molecule has 2 aromatic heterocycles. The number of benzene rings is 1. The molecule has 1 aromatic carbocycles. The van der Waals surface area contributed by atoms with E-state index in [4.69, 9.17) is 4.74 Å². The summed E-state index contributed by atoms with van der Waals surface area (Å²) in [5.74, 6) is 0.442. The van der Waals surface area contributed by atoms with Crippen LogP contribution in [-0.2, 0) is 13.0 Å². The Balaban J connectivity index is 1.27. The number of rotatable bonds is 7. The van der Waals surface area contributed by atoms with Crippen LogP contribution in [-0.4, -0.2) is 47.7 Å². The molecule has 0 amide bonds. The third kappa shape index (κ3) is 5.08. The molecule has 0 unspecified atom stereocenters. The Hall–Kier alpha value is -2.57. The van der Waals surface area contributed by atoms with E-state index in [1.807, 2.05) is 30.5 Å². The van der Waals surface area contributed by atoms with Gasteiger partial charge in [0.1, 0.15) is 5.82 Å². The van der Waals surface area contributed by atoms with E-state index in [1.165, 1.54) is 17.7 Å². The molecule has 6 heteroatoms. The molecular formula is C23H27FN4O. The van der Waals surface area contributed by atoms with Gasteiger partial charge in [-0.1, -0.05) is 12.1 Å². The van der Waals surface area contributed by atoms with E-state index < -0.39 is 0 Å². The van der Waals surface area contributed by atoms with Crippen LogP contribution in [0.15, 0.2) is 48.7 Å². The Kier molecular flexibility index (Phi) is 6.32. The second-order valence-corrected chi connectivity index (χ2v) is 7.56. The number of aromatic nitrogens is 2. The average Bonchev–Trinajstić information content (AvgIpc) is 2.77. The van der Waals surface area contributed by atoms with Gasteiger partial charge in [0.05, 0.1) is 18.1 Å². The first-order valence-electron chi connectivity index (χ1n) is 10.2. The van der Waals surface area contributed by atoms with E-state index in [2.05, 4.69) is 26.3 Å². The lowest BCUT2D eigenvalue weighted by atomic mass is 10.0. The maximum Gasteiger partial charge on any atom is 0.213 e. The molecule has 1 aliphatic rings. The Morgan fingerprint density at radius 3 is 2.66 bits per heavy atom. The van der Waals surface area contributed by atoms with Crippen LogP contribution in [0.4, 0.5) is 4.39 Å². The predicted molar refractivity (Wildman–Crippen MR) is 112 cm³/mol. The quantitative estimate of drug-likeness (QED) is 0.664. The van der Waals surface area contributed by atoms with Crippen LogP contribution in [0, 0.1) is 5.82 Å². The highest BCUT2D eigenvalue weighted by molar-refractivity contribution is 5.78. The van der Waals surface area contributed by atoms with Gasteiger partial charge in [-0.15, -0.1) is 0 Å². The minimum Gasteiger partial charge on any atom is -0.481 e. The van der Waals surface area contributed by atoms with Gasteiger partial charge in [-0.05, 0) is 67.7 Å². The molecule has 4 rings (SSSR count). The van der Waals surface area contributed by atoms with Crippen molar-refractivity contribution in [1.29, 1.82) is 0 Å². The van der Waals surface area contributed by atoms with E-state index in [0.29, 0.717) is 11.9 Å². The van der Waals surface area contributed by atoms with Crippen molar-refractivity contribution in [1.82, 2.24) is 20.2 Å². The summed E-state index contributed by atoms with van der Waals surface area (Å²) in [6, 6.07) is 13.1. The summed E-state index contributed by atoms with van der Waals surface area (Å²) in [6.45, 7) is 3.98. The highest BCUT2D eigenvalue weighted by Crippen LogP contribution is 2.20. The molecule has 3 aromatic rings. The maximum absolute atomic E-state index is 13.0. The summed E-state index contributed by atoms with van der Waals surface area (Å²) in [6.07, 6.45) is 5.07. The maximum atomic E-state index is 13.0. The fourth-order valence-electron chi connectivity index (χ4n) is 3.88. The lowest BCUT2D eigenvalue weighted by Crippen LogP contribution is -2.42. The van der Waals surface area contributed by atoms with Crippen LogP contribution in [0.1, 0.15) is 24.0 Å². The average molecular weight is 394 g/mol. The van der Waals surface area contributed by atoms with E-state index in [1.54, 1.807) is 7.11 Å². The van der Waals surface area contributed by atoms with Gasteiger partial charge in [0, 0.05) is 31.4 Å². The van der Waals surface area contributed by atoms with Gasteiger partial charge in [0.15, 0.2) is 0 Å². The molecule has 0 atom stereocenters. The first kappa shape index (κ1) is 19.7. The Labute approximate surface area is 170 Å². The minimum absolute atomic E-state index is 0.183. The summed E-state index contributed by atoms with van der Waals surface area (Å²) < 4.78 is 18.3. The van der Waals surface area contributed by atoms with Crippen molar-refractivity contribution in [3.05, 3.63) is 65.6 Å². The number of ether oxygens (including phenoxy) is 1. The molecule has 29 heavy (non-hydrogen) atoms. The largest absolute Gasteiger partial charge is 0.481 e. The van der Waals surface area contributed by atoms with Crippen LogP contribution >= 0.6 is 0 Å². The molecule has 1 saturated heterocycles. The SMILES string of the molecule is COc1ccc2nccc(CCN3CCC(NCc4ccc(F)cc4)CC3)c2n1. The van der Waals surface area contributed by atoms with Crippen molar-refractivity contribution in [3.8, 4) is 5.88 Å². The first-order chi connectivity index (χ1) is 14.2. The molecule has 1 aliphatic heterocycles. The highest BCUT2D eigenvalue weighted by atomic mass is 19.1. The Bertz CT molecular complexity index is 939. The van der Waals surface area contributed by atoms with Crippen molar-refractivity contribution in [2.45, 2.75) is 31.8 Å². The number of hydrogen-bond acceptors (Lipinski definition) is 5. The molecule has 0 aliphatic carbocycles. The number of halogens is 1. The zero-order valence-electron chi connectivity index (χ0n) is 16.8. The number of nitrogens with one attached hydrogen (secondary N) is 1. The second-order valence-electron chi connectivity index (χ2n) is 7.56. The number of likely N-dealkylation sites (tertiary alicyclic amines) is 1. The van der Waals surface area contributed by atoms with Crippen molar-refractivity contribution in [2.75, 3.05) is 26.7 Å². The molecular weight excluding hydrogens is 367 g/mol. The van der Waals surface area contributed by atoms with E-state index >= 15 is 0 Å². The molecule has 1 N–H and O–H groups in total. The summed E-state index contributed by atoms with van der Waals surface area (Å²) in [5.41, 5.74) is 4.18. The fraction of sp³-hybridized carbons (Fsp3) is 0.391. The van der Waals surface area contributed by atoms with Crippen molar-refractivity contribution in [3.63, 3.8) is 0 Å². The lowest BCUT2D eigenvalue weighted by Gasteiger charge is -2.32. The highest BCUT2D eigenvalue weighted by Gasteiger charge is 2.19. The van der Waals surface area contributed by atoms with Crippen molar-refractivity contribution < 1.29 is 9.13 Å². The van der Waals surface area contributed by atoms with Gasteiger partial charge in [0.2, 0.25) is 5.88 Å². The number of fused-ring (bicyclic) bond motifs is 1. The summed E-state index contributed by atoms with van der Waals surface area (Å²) >= 11 is 0. The van der Waals surface area contributed by atoms with Crippen LogP contribution in [0.2, 0.25) is 0 Å². The van der Waals surface area contributed by atoms with Crippen LogP contribution in [0.25, 0.3) is 11.0 Å². The number of nitrogens with zero attached hydrogens (tertiary/aromatic N) is 3. The number of methoxy groups -OCH3 is 1. The molecule has 3 heterocycles. The number of pyridine rings is 2. The van der Waals surface area contributed by atoms with Gasteiger partial charge < -0.3 is 15.0 Å². The lowest BCUT2D eigenvalue weighted by molar-refractivity contribution is 0.199. The monoisotopic (exact) mass is 394 g/mol. The Morgan fingerprint density at radius 2 is 1.90 bits per heavy atom. The molecule has 0 saturated carbocycles. The van der Waals surface area contributed by atoms with Gasteiger partial charge in [-0.25, -0.2) is 9.37 Å². The first-order valence-corrected chi connectivity index (χ1v) is 10.2. The summed E-state index contributed by atoms with van der Waals surface area (Å²) in [4.78, 5) is 11.5. The number of hydrogen-bond donors (Lipinski definition) is 1. The normalized spacial score (nSPS) is 15.7. The summed E-state index contributed by atoms with van der Waals surface area (Å²) in [5, 5.41) is 3.61. The molecule has 0 bridgehead atoms. The zero-order chi connectivity index (χ0) is 20.1. The van der Waals surface area contributed by atoms with Gasteiger partial charge in [-0.2, -0.15) is 0 Å². The molecule has 1 fully saturated rings. The van der Waals surface area contributed by atoms with E-state index in [0.717, 1.165) is 62.0 Å². The van der Waals surface area contributed by atoms with Gasteiger partial charge >= 0.3 is 0 Å². The predicted octanol–water partition coefficient (Wildman–Crippen LogP) is 3.57. The minimum atomic E-state index is -0.183. The van der Waals surface area contributed by atoms with Crippen molar-refractivity contribution >= 4 is 11.0 Å². The van der Waals surface area contributed by atoms with Crippen LogP contribution in [0.3, 0.4) is 0 Å².